The maximum absolute atomic E-state index is 12.1. The first-order valence-corrected chi connectivity index (χ1v) is 5.42. The largest absolute Gasteiger partial charge is 0.710 e. The number of aryl methyl sites for hydroxylation is 1. The molecule has 0 bridgehead atoms. The predicted octanol–water partition coefficient (Wildman–Crippen LogP) is -1.26. The van der Waals surface area contributed by atoms with E-state index < -0.39 is 11.2 Å². The molecule has 0 unspecified atom stereocenters. The number of fused-ring (bicyclic) bond motifs is 1. The van der Waals surface area contributed by atoms with Crippen LogP contribution in [0.15, 0.2) is 9.59 Å². The van der Waals surface area contributed by atoms with Crippen molar-refractivity contribution < 1.29 is 4.73 Å². The summed E-state index contributed by atoms with van der Waals surface area (Å²) < 4.78 is 2.54. The highest BCUT2D eigenvalue weighted by Crippen LogP contribution is 2.11. The van der Waals surface area contributed by atoms with Crippen LogP contribution in [0, 0.1) is 5.21 Å². The van der Waals surface area contributed by atoms with Crippen molar-refractivity contribution in [3.63, 3.8) is 0 Å². The standard InChI is InChI=1S/C10H13N5O3/c1-5(2)7-12-14(4)8-6(15(7)18)9(16)13(3)10(17)11-8/h5H,1-4H3. The molecule has 0 spiro atoms. The molecule has 0 fully saturated rings. The highest BCUT2D eigenvalue weighted by molar-refractivity contribution is 5.43. The van der Waals surface area contributed by atoms with E-state index in [1.54, 1.807) is 20.9 Å². The van der Waals surface area contributed by atoms with E-state index in [1.165, 1.54) is 11.7 Å². The topological polar surface area (TPSA) is 96.7 Å². The van der Waals surface area contributed by atoms with Crippen molar-refractivity contribution >= 4 is 0 Å². The molecule has 8 heteroatoms. The molecule has 8 nitrogen and oxygen atoms in total. The van der Waals surface area contributed by atoms with Gasteiger partial charge in [-0.25, -0.2) is 9.52 Å². The van der Waals surface area contributed by atoms with Crippen molar-refractivity contribution in [3.8, 4) is 11.5 Å². The van der Waals surface area contributed by atoms with Crippen molar-refractivity contribution in [2.45, 2.75) is 19.8 Å². The third-order valence-corrected chi connectivity index (χ3v) is 2.69. The molecule has 0 aliphatic carbocycles. The van der Waals surface area contributed by atoms with Crippen LogP contribution in [0.2, 0.25) is 0 Å². The first kappa shape index (κ1) is 12.2. The van der Waals surface area contributed by atoms with Crippen LogP contribution in [0.5, 0.6) is 0 Å². The van der Waals surface area contributed by atoms with Crippen molar-refractivity contribution in [1.29, 1.82) is 0 Å². The number of hydrogen-bond acceptors (Lipinski definition) is 5. The smallest absolute Gasteiger partial charge is 0.352 e. The highest BCUT2D eigenvalue weighted by Gasteiger charge is 2.28. The van der Waals surface area contributed by atoms with E-state index in [-0.39, 0.29) is 23.3 Å². The van der Waals surface area contributed by atoms with Crippen LogP contribution in [-0.4, -0.2) is 19.3 Å². The molecule has 96 valence electrons. The zero-order valence-corrected chi connectivity index (χ0v) is 10.5. The van der Waals surface area contributed by atoms with Crippen LogP contribution in [0.3, 0.4) is 0 Å². The van der Waals surface area contributed by atoms with Crippen LogP contribution < -0.4 is 16.0 Å². The van der Waals surface area contributed by atoms with E-state index in [0.29, 0.717) is 4.73 Å². The van der Waals surface area contributed by atoms with Gasteiger partial charge in [0, 0.05) is 7.05 Å². The van der Waals surface area contributed by atoms with Gasteiger partial charge in [-0.3, -0.25) is 9.36 Å². The molecule has 0 aromatic rings. The molecule has 18 heavy (non-hydrogen) atoms. The molecular weight excluding hydrogens is 238 g/mol. The fourth-order valence-electron chi connectivity index (χ4n) is 1.67. The van der Waals surface area contributed by atoms with E-state index in [4.69, 9.17) is 0 Å². The number of hydrogen-bond donors (Lipinski definition) is 0. The van der Waals surface area contributed by atoms with Gasteiger partial charge in [-0.05, 0) is 0 Å². The summed E-state index contributed by atoms with van der Waals surface area (Å²) in [7, 11) is 2.83. The summed E-state index contributed by atoms with van der Waals surface area (Å²) in [6, 6.07) is 0. The lowest BCUT2D eigenvalue weighted by Gasteiger charge is -2.15. The van der Waals surface area contributed by atoms with Gasteiger partial charge < -0.3 is 5.21 Å². The van der Waals surface area contributed by atoms with Gasteiger partial charge in [0.15, 0.2) is 0 Å². The van der Waals surface area contributed by atoms with Gasteiger partial charge in [-0.2, -0.15) is 9.67 Å². The molecule has 2 heterocycles. The van der Waals surface area contributed by atoms with Crippen molar-refractivity contribution in [3.05, 3.63) is 31.9 Å². The van der Waals surface area contributed by atoms with Crippen molar-refractivity contribution in [2.75, 3.05) is 0 Å². The number of nitrogens with zero attached hydrogens (tertiary/aromatic N) is 5. The molecule has 0 amide bonds. The average molecular weight is 251 g/mol. The lowest BCUT2D eigenvalue weighted by Crippen LogP contribution is -2.48. The molecule has 2 rings (SSSR count). The fraction of sp³-hybridized carbons (Fsp3) is 0.500. The van der Waals surface area contributed by atoms with Crippen molar-refractivity contribution in [1.82, 2.24) is 19.3 Å². The molecule has 2 aliphatic rings. The summed E-state index contributed by atoms with van der Waals surface area (Å²) >= 11 is 0. The molecule has 0 saturated carbocycles. The Bertz CT molecular complexity index is 700. The Kier molecular flexibility index (Phi) is 2.64. The molecule has 2 aliphatic heterocycles. The number of aromatic nitrogens is 5. The summed E-state index contributed by atoms with van der Waals surface area (Å²) in [5.41, 5.74) is -1.54. The maximum Gasteiger partial charge on any atom is 0.352 e. The van der Waals surface area contributed by atoms with Crippen LogP contribution in [0.1, 0.15) is 25.6 Å². The molecule has 0 N–H and O–H groups in total. The first-order valence-electron chi connectivity index (χ1n) is 5.42. The van der Waals surface area contributed by atoms with Gasteiger partial charge >= 0.3 is 17.1 Å². The van der Waals surface area contributed by atoms with Crippen LogP contribution >= 0.6 is 0 Å². The van der Waals surface area contributed by atoms with Gasteiger partial charge in [0.2, 0.25) is 11.5 Å². The Balaban J connectivity index is 3.04. The normalized spacial score (nSPS) is 11.4. The maximum atomic E-state index is 12.1. The minimum atomic E-state index is -0.706. The summed E-state index contributed by atoms with van der Waals surface area (Å²) in [6.45, 7) is 3.59. The zero-order valence-electron chi connectivity index (χ0n) is 10.5. The van der Waals surface area contributed by atoms with Gasteiger partial charge in [0.05, 0.1) is 18.1 Å². The molecule has 0 radical (unpaired) electrons. The fourth-order valence-corrected chi connectivity index (χ4v) is 1.67. The Morgan fingerprint density at radius 1 is 1.28 bits per heavy atom. The van der Waals surface area contributed by atoms with Crippen LogP contribution in [-0.2, 0) is 14.1 Å². The lowest BCUT2D eigenvalue weighted by atomic mass is 10.2. The molecule has 0 saturated heterocycles. The minimum Gasteiger partial charge on any atom is -0.710 e. The Morgan fingerprint density at radius 3 is 2.44 bits per heavy atom. The summed E-state index contributed by atoms with van der Waals surface area (Å²) in [5, 5.41) is 16.1. The summed E-state index contributed by atoms with van der Waals surface area (Å²) in [4.78, 5) is 27.1. The SMILES string of the molecule is CC(C)c1nn(C)c2nc(=O)n(C)c(=O)c-2[n+]1[O-]. The zero-order chi connectivity index (χ0) is 13.6. The predicted molar refractivity (Wildman–Crippen MR) is 62.2 cm³/mol. The lowest BCUT2D eigenvalue weighted by molar-refractivity contribution is -0.610. The summed E-state index contributed by atoms with van der Waals surface area (Å²) in [6.07, 6.45) is 0. The van der Waals surface area contributed by atoms with Gasteiger partial charge in [0.1, 0.15) is 0 Å². The van der Waals surface area contributed by atoms with E-state index in [1.807, 2.05) is 0 Å². The molecule has 0 atom stereocenters. The third-order valence-electron chi connectivity index (χ3n) is 2.69. The van der Waals surface area contributed by atoms with E-state index in [9.17, 15) is 14.8 Å². The second-order valence-electron chi connectivity index (χ2n) is 4.36. The van der Waals surface area contributed by atoms with E-state index in [0.717, 1.165) is 4.57 Å². The van der Waals surface area contributed by atoms with Crippen LogP contribution in [0.25, 0.3) is 11.5 Å². The van der Waals surface area contributed by atoms with Gasteiger partial charge in [-0.1, -0.05) is 13.8 Å². The number of rotatable bonds is 1. The highest BCUT2D eigenvalue weighted by atomic mass is 16.5. The van der Waals surface area contributed by atoms with Gasteiger partial charge in [-0.15, -0.1) is 0 Å². The Hall–Kier alpha value is -2.25. The first-order chi connectivity index (χ1) is 8.34. The third kappa shape index (κ3) is 1.57. The van der Waals surface area contributed by atoms with Crippen LogP contribution in [0.4, 0.5) is 0 Å². The Morgan fingerprint density at radius 2 is 1.89 bits per heavy atom. The van der Waals surface area contributed by atoms with Gasteiger partial charge in [0.25, 0.3) is 0 Å². The monoisotopic (exact) mass is 251 g/mol. The summed E-state index contributed by atoms with van der Waals surface area (Å²) in [5.74, 6) is 0.0554. The Labute approximate surface area is 102 Å². The quantitative estimate of drug-likeness (QED) is 0.465. The second kappa shape index (κ2) is 3.90. The molecule has 0 aromatic carbocycles. The van der Waals surface area contributed by atoms with Crippen molar-refractivity contribution in [2.24, 2.45) is 14.1 Å². The minimum absolute atomic E-state index is 0.0116. The van der Waals surface area contributed by atoms with E-state index in [2.05, 4.69) is 10.1 Å². The second-order valence-corrected chi connectivity index (χ2v) is 4.36. The average Bonchev–Trinajstić information content (AvgIpc) is 2.30. The van der Waals surface area contributed by atoms with E-state index >= 15 is 0 Å². The molecule has 0 aromatic heterocycles. The molecular formula is C10H13N5O3.